The lowest BCUT2D eigenvalue weighted by Gasteiger charge is -2.12. The van der Waals surface area contributed by atoms with Crippen LogP contribution in [0.4, 0.5) is 0 Å². The molecular weight excluding hydrogens is 314 g/mol. The first-order valence-electron chi connectivity index (χ1n) is 8.39. The predicted molar refractivity (Wildman–Crippen MR) is 95.8 cm³/mol. The molecule has 0 saturated carbocycles. The minimum atomic E-state index is 0.214. The van der Waals surface area contributed by atoms with Crippen molar-refractivity contribution in [1.82, 2.24) is 14.9 Å². The molecule has 25 heavy (non-hydrogen) atoms. The molecule has 2 heterocycles. The maximum absolute atomic E-state index is 5.77. The number of nitrogens with zero attached hydrogens (tertiary/aromatic N) is 2. The van der Waals surface area contributed by atoms with Gasteiger partial charge in [0.2, 0.25) is 0 Å². The van der Waals surface area contributed by atoms with Crippen LogP contribution in [0.25, 0.3) is 0 Å². The van der Waals surface area contributed by atoms with Gasteiger partial charge in [-0.25, -0.2) is 4.98 Å². The Morgan fingerprint density at radius 2 is 2.04 bits per heavy atom. The summed E-state index contributed by atoms with van der Waals surface area (Å²) in [5.74, 6) is 1.74. The first-order valence-corrected chi connectivity index (χ1v) is 8.39. The van der Waals surface area contributed by atoms with Crippen molar-refractivity contribution < 1.29 is 9.47 Å². The number of fused-ring (bicyclic) bond motifs is 1. The van der Waals surface area contributed by atoms with Crippen molar-refractivity contribution in [3.8, 4) is 11.5 Å². The van der Waals surface area contributed by atoms with Crippen LogP contribution in [0.15, 0.2) is 61.2 Å². The highest BCUT2D eigenvalue weighted by atomic mass is 16.5. The maximum Gasteiger partial charge on any atom is 0.127 e. The Bertz CT molecular complexity index is 829. The van der Waals surface area contributed by atoms with Crippen LogP contribution in [-0.4, -0.2) is 23.3 Å². The molecule has 0 saturated heterocycles. The number of aromatic nitrogens is 2. The van der Waals surface area contributed by atoms with Crippen molar-refractivity contribution in [2.45, 2.75) is 19.1 Å². The van der Waals surface area contributed by atoms with Crippen LogP contribution in [-0.2, 0) is 13.1 Å². The normalized spacial score (nSPS) is 15.6. The third kappa shape index (κ3) is 3.51. The molecule has 3 aromatic rings. The van der Waals surface area contributed by atoms with Crippen molar-refractivity contribution in [3.63, 3.8) is 0 Å². The van der Waals surface area contributed by atoms with Crippen LogP contribution in [0.5, 0.6) is 11.5 Å². The topological polar surface area (TPSA) is 48.3 Å². The molecule has 0 fully saturated rings. The second-order valence-electron chi connectivity index (χ2n) is 6.20. The molecule has 0 unspecified atom stereocenters. The lowest BCUT2D eigenvalue weighted by Crippen LogP contribution is -2.21. The summed E-state index contributed by atoms with van der Waals surface area (Å²) in [4.78, 5) is 4.07. The smallest absolute Gasteiger partial charge is 0.127 e. The minimum absolute atomic E-state index is 0.214. The molecule has 1 N–H and O–H groups in total. The minimum Gasteiger partial charge on any atom is -0.497 e. The fraction of sp³-hybridized carbons (Fsp3) is 0.250. The van der Waals surface area contributed by atoms with E-state index in [2.05, 4.69) is 45.2 Å². The summed E-state index contributed by atoms with van der Waals surface area (Å²) in [6.07, 6.45) is 5.61. The van der Waals surface area contributed by atoms with E-state index in [0.29, 0.717) is 6.61 Å². The number of rotatable bonds is 6. The summed E-state index contributed by atoms with van der Waals surface area (Å²) >= 11 is 0. The van der Waals surface area contributed by atoms with Gasteiger partial charge in [0.25, 0.3) is 0 Å². The number of hydrogen-bond donors (Lipinski definition) is 1. The van der Waals surface area contributed by atoms with Gasteiger partial charge in [0.15, 0.2) is 0 Å². The first-order chi connectivity index (χ1) is 12.3. The molecule has 4 rings (SSSR count). The Balaban J connectivity index is 1.36. The number of benzene rings is 2. The number of ether oxygens (including phenoxy) is 2. The summed E-state index contributed by atoms with van der Waals surface area (Å²) in [7, 11) is 1.67. The van der Waals surface area contributed by atoms with Gasteiger partial charge in [0, 0.05) is 37.1 Å². The van der Waals surface area contributed by atoms with Crippen molar-refractivity contribution >= 4 is 0 Å². The molecule has 2 aromatic carbocycles. The van der Waals surface area contributed by atoms with Gasteiger partial charge in [-0.3, -0.25) is 0 Å². The van der Waals surface area contributed by atoms with Crippen LogP contribution < -0.4 is 14.8 Å². The summed E-state index contributed by atoms with van der Waals surface area (Å²) in [5.41, 5.74) is 3.72. The van der Waals surface area contributed by atoms with Crippen LogP contribution in [0.3, 0.4) is 0 Å². The van der Waals surface area contributed by atoms with Gasteiger partial charge in [-0.1, -0.05) is 24.3 Å². The van der Waals surface area contributed by atoms with E-state index in [-0.39, 0.29) is 6.04 Å². The molecule has 1 aliphatic rings. The van der Waals surface area contributed by atoms with E-state index < -0.39 is 0 Å². The van der Waals surface area contributed by atoms with E-state index in [1.807, 2.05) is 24.7 Å². The summed E-state index contributed by atoms with van der Waals surface area (Å²) < 4.78 is 13.1. The molecule has 0 amide bonds. The highest BCUT2D eigenvalue weighted by Crippen LogP contribution is 2.35. The van der Waals surface area contributed by atoms with E-state index in [1.165, 1.54) is 16.7 Å². The summed E-state index contributed by atoms with van der Waals surface area (Å²) in [6, 6.07) is 14.9. The molecule has 0 aliphatic carbocycles. The van der Waals surface area contributed by atoms with E-state index in [1.54, 1.807) is 13.3 Å². The van der Waals surface area contributed by atoms with Gasteiger partial charge >= 0.3 is 0 Å². The van der Waals surface area contributed by atoms with Crippen molar-refractivity contribution in [2.24, 2.45) is 0 Å². The molecule has 5 heteroatoms. The fourth-order valence-corrected chi connectivity index (χ4v) is 3.08. The molecule has 1 aromatic heterocycles. The lowest BCUT2D eigenvalue weighted by molar-refractivity contribution is 0.309. The summed E-state index contributed by atoms with van der Waals surface area (Å²) in [5, 5.41) is 3.58. The number of nitrogens with one attached hydrogen (secondary N) is 1. The molecule has 0 spiro atoms. The molecule has 0 bridgehead atoms. The van der Waals surface area contributed by atoms with Crippen molar-refractivity contribution in [1.29, 1.82) is 0 Å². The SMILES string of the molecule is COc1ccc2c(c1)OC[C@@H]2NCc1ccc(Cn2ccnc2)cc1. The third-order valence-electron chi connectivity index (χ3n) is 4.50. The van der Waals surface area contributed by atoms with Crippen LogP contribution in [0.2, 0.25) is 0 Å². The number of imidazole rings is 1. The second-order valence-corrected chi connectivity index (χ2v) is 6.20. The molecule has 128 valence electrons. The molecule has 1 atom stereocenters. The molecule has 1 aliphatic heterocycles. The van der Waals surface area contributed by atoms with Crippen LogP contribution in [0.1, 0.15) is 22.7 Å². The zero-order valence-corrected chi connectivity index (χ0v) is 14.2. The van der Waals surface area contributed by atoms with Gasteiger partial charge < -0.3 is 19.4 Å². The second kappa shape index (κ2) is 6.99. The fourth-order valence-electron chi connectivity index (χ4n) is 3.08. The Labute approximate surface area is 147 Å². The van der Waals surface area contributed by atoms with Gasteiger partial charge in [0.1, 0.15) is 18.1 Å². The quantitative estimate of drug-likeness (QED) is 0.752. The molecule has 5 nitrogen and oxygen atoms in total. The van der Waals surface area contributed by atoms with Crippen LogP contribution >= 0.6 is 0 Å². The Hall–Kier alpha value is -2.79. The largest absolute Gasteiger partial charge is 0.497 e. The molecule has 0 radical (unpaired) electrons. The van der Waals surface area contributed by atoms with Crippen molar-refractivity contribution in [3.05, 3.63) is 77.9 Å². The zero-order valence-electron chi connectivity index (χ0n) is 14.2. The highest BCUT2D eigenvalue weighted by molar-refractivity contribution is 5.45. The van der Waals surface area contributed by atoms with Crippen LogP contribution in [0, 0.1) is 0 Å². The first kappa shape index (κ1) is 15.7. The average Bonchev–Trinajstić information content (AvgIpc) is 3.30. The Morgan fingerprint density at radius 1 is 1.20 bits per heavy atom. The standard InChI is InChI=1S/C20H21N3O2/c1-24-17-6-7-18-19(13-25-20(18)10-17)22-11-15-2-4-16(5-3-15)12-23-9-8-21-14-23/h2-10,14,19,22H,11-13H2,1H3/t19-/m0/s1. The zero-order chi connectivity index (χ0) is 17.1. The van der Waals surface area contributed by atoms with Crippen molar-refractivity contribution in [2.75, 3.05) is 13.7 Å². The van der Waals surface area contributed by atoms with E-state index in [4.69, 9.17) is 9.47 Å². The third-order valence-corrected chi connectivity index (χ3v) is 4.50. The number of hydrogen-bond acceptors (Lipinski definition) is 4. The monoisotopic (exact) mass is 335 g/mol. The Morgan fingerprint density at radius 3 is 2.80 bits per heavy atom. The van der Waals surface area contributed by atoms with E-state index in [0.717, 1.165) is 24.6 Å². The van der Waals surface area contributed by atoms with Gasteiger partial charge in [0.05, 0.1) is 19.5 Å². The van der Waals surface area contributed by atoms with E-state index in [9.17, 15) is 0 Å². The predicted octanol–water partition coefficient (Wildman–Crippen LogP) is 3.16. The number of methoxy groups -OCH3 is 1. The Kier molecular flexibility index (Phi) is 4.39. The maximum atomic E-state index is 5.77. The average molecular weight is 335 g/mol. The van der Waals surface area contributed by atoms with Gasteiger partial charge in [-0.05, 0) is 23.3 Å². The highest BCUT2D eigenvalue weighted by Gasteiger charge is 2.23. The summed E-state index contributed by atoms with van der Waals surface area (Å²) in [6.45, 7) is 2.31. The lowest BCUT2D eigenvalue weighted by atomic mass is 10.1. The molecular formula is C20H21N3O2. The van der Waals surface area contributed by atoms with Gasteiger partial charge in [-0.15, -0.1) is 0 Å². The van der Waals surface area contributed by atoms with Gasteiger partial charge in [-0.2, -0.15) is 0 Å². The van der Waals surface area contributed by atoms with E-state index >= 15 is 0 Å².